The molecule has 6 heteroatoms. The summed E-state index contributed by atoms with van der Waals surface area (Å²) in [6.07, 6.45) is 5.52. The van der Waals surface area contributed by atoms with Crippen LogP contribution in [0.3, 0.4) is 0 Å². The van der Waals surface area contributed by atoms with Gasteiger partial charge in [0.05, 0.1) is 11.9 Å². The lowest BCUT2D eigenvalue weighted by Crippen LogP contribution is -1.95. The Morgan fingerprint density at radius 2 is 1.73 bits per heavy atom. The molecule has 0 amide bonds. The average molecular weight is 337 g/mol. The van der Waals surface area contributed by atoms with Crippen LogP contribution >= 0.6 is 24.8 Å². The smallest absolute Gasteiger partial charge is 0.0728 e. The average Bonchev–Trinajstić information content (AvgIpc) is 2.97. The Labute approximate surface area is 142 Å². The van der Waals surface area contributed by atoms with Crippen LogP contribution in [0.4, 0.5) is 0 Å². The van der Waals surface area contributed by atoms with Gasteiger partial charge in [-0.3, -0.25) is 10.1 Å². The van der Waals surface area contributed by atoms with Gasteiger partial charge < -0.3 is 5.73 Å². The van der Waals surface area contributed by atoms with Gasteiger partial charge in [-0.2, -0.15) is 5.10 Å². The fourth-order valence-electron chi connectivity index (χ4n) is 2.29. The molecule has 1 aromatic carbocycles. The van der Waals surface area contributed by atoms with Crippen molar-refractivity contribution in [2.24, 2.45) is 5.73 Å². The van der Waals surface area contributed by atoms with Crippen molar-refractivity contribution in [1.29, 1.82) is 0 Å². The number of hydrogen-bond donors (Lipinski definition) is 2. The number of nitrogens with two attached hydrogens (primary N) is 1. The lowest BCUT2D eigenvalue weighted by atomic mass is 9.99. The molecule has 3 N–H and O–H groups in total. The Hall–Kier alpha value is -1.88. The lowest BCUT2D eigenvalue weighted by Gasteiger charge is -2.07. The van der Waals surface area contributed by atoms with Crippen LogP contribution in [0.1, 0.15) is 11.1 Å². The van der Waals surface area contributed by atoms with Crippen molar-refractivity contribution in [3.63, 3.8) is 0 Å². The third-order valence-electron chi connectivity index (χ3n) is 3.43. The molecule has 0 aliphatic heterocycles. The maximum absolute atomic E-state index is 5.63. The number of nitrogens with one attached hydrogen (secondary N) is 1. The number of aryl methyl sites for hydroxylation is 1. The third kappa shape index (κ3) is 3.47. The van der Waals surface area contributed by atoms with Crippen LogP contribution in [-0.4, -0.2) is 15.2 Å². The minimum absolute atomic E-state index is 0. The second-order valence-corrected chi connectivity index (χ2v) is 4.75. The van der Waals surface area contributed by atoms with Crippen LogP contribution in [0.5, 0.6) is 0 Å². The number of pyridine rings is 1. The van der Waals surface area contributed by atoms with Crippen LogP contribution in [0.2, 0.25) is 0 Å². The van der Waals surface area contributed by atoms with Crippen LogP contribution in [-0.2, 0) is 6.54 Å². The van der Waals surface area contributed by atoms with Gasteiger partial charge in [0, 0.05) is 30.1 Å². The van der Waals surface area contributed by atoms with E-state index in [0.29, 0.717) is 6.54 Å². The summed E-state index contributed by atoms with van der Waals surface area (Å²) in [5, 5.41) is 7.27. The number of H-pyrrole nitrogens is 1. The highest BCUT2D eigenvalue weighted by Gasteiger charge is 2.11. The summed E-state index contributed by atoms with van der Waals surface area (Å²) in [4.78, 5) is 4.14. The minimum Gasteiger partial charge on any atom is -0.326 e. The molecule has 116 valence electrons. The van der Waals surface area contributed by atoms with Crippen molar-refractivity contribution < 1.29 is 0 Å². The first kappa shape index (κ1) is 18.2. The van der Waals surface area contributed by atoms with Crippen molar-refractivity contribution >= 4 is 24.8 Å². The Morgan fingerprint density at radius 1 is 1.00 bits per heavy atom. The van der Waals surface area contributed by atoms with Crippen LogP contribution in [0.25, 0.3) is 22.4 Å². The maximum Gasteiger partial charge on any atom is 0.0728 e. The van der Waals surface area contributed by atoms with E-state index in [1.54, 1.807) is 6.20 Å². The zero-order valence-electron chi connectivity index (χ0n) is 12.1. The normalized spacial score (nSPS) is 9.73. The van der Waals surface area contributed by atoms with Gasteiger partial charge in [-0.25, -0.2) is 0 Å². The molecule has 3 rings (SSSR count). The summed E-state index contributed by atoms with van der Waals surface area (Å²) in [6, 6.07) is 10.2. The van der Waals surface area contributed by atoms with E-state index in [1.165, 1.54) is 0 Å². The second kappa shape index (κ2) is 7.94. The predicted octanol–water partition coefficient (Wildman–Crippen LogP) is 3.75. The summed E-state index contributed by atoms with van der Waals surface area (Å²) in [7, 11) is 0. The van der Waals surface area contributed by atoms with Crippen molar-refractivity contribution in [2.45, 2.75) is 13.5 Å². The molecular weight excluding hydrogens is 319 g/mol. The van der Waals surface area contributed by atoms with E-state index in [-0.39, 0.29) is 24.8 Å². The summed E-state index contributed by atoms with van der Waals surface area (Å²) < 4.78 is 0. The molecule has 0 radical (unpaired) electrons. The highest BCUT2D eigenvalue weighted by atomic mass is 35.5. The van der Waals surface area contributed by atoms with E-state index in [9.17, 15) is 0 Å². The molecule has 0 bridgehead atoms. The van der Waals surface area contributed by atoms with Gasteiger partial charge in [-0.1, -0.05) is 24.3 Å². The van der Waals surface area contributed by atoms with Crippen molar-refractivity contribution in [1.82, 2.24) is 15.2 Å². The third-order valence-corrected chi connectivity index (χ3v) is 3.43. The molecule has 0 fully saturated rings. The predicted molar refractivity (Wildman–Crippen MR) is 94.4 cm³/mol. The van der Waals surface area contributed by atoms with Gasteiger partial charge in [0.25, 0.3) is 0 Å². The quantitative estimate of drug-likeness (QED) is 0.765. The SMILES string of the molecule is Cc1cnccc1-c1cn[nH]c1-c1ccc(CN)cc1.Cl.Cl. The second-order valence-electron chi connectivity index (χ2n) is 4.75. The maximum atomic E-state index is 5.63. The van der Waals surface area contributed by atoms with Gasteiger partial charge in [0.1, 0.15) is 0 Å². The zero-order valence-corrected chi connectivity index (χ0v) is 13.7. The van der Waals surface area contributed by atoms with E-state index >= 15 is 0 Å². The molecule has 0 aliphatic rings. The minimum atomic E-state index is 0. The van der Waals surface area contributed by atoms with Gasteiger partial charge in [0.15, 0.2) is 0 Å². The Bertz CT molecular complexity index is 723. The van der Waals surface area contributed by atoms with E-state index < -0.39 is 0 Å². The molecule has 0 unspecified atom stereocenters. The molecule has 22 heavy (non-hydrogen) atoms. The molecule has 3 aromatic rings. The first-order valence-corrected chi connectivity index (χ1v) is 6.53. The summed E-state index contributed by atoms with van der Waals surface area (Å²) in [5.74, 6) is 0. The van der Waals surface area contributed by atoms with Crippen molar-refractivity contribution in [3.05, 3.63) is 60.0 Å². The summed E-state index contributed by atoms with van der Waals surface area (Å²) in [5.41, 5.74) is 12.2. The molecule has 0 saturated carbocycles. The number of nitrogens with zero attached hydrogens (tertiary/aromatic N) is 2. The standard InChI is InChI=1S/C16H16N4.2ClH/c1-11-9-18-7-6-14(11)15-10-19-20-16(15)13-4-2-12(8-17)3-5-13;;/h2-7,9-10H,8,17H2,1H3,(H,19,20);2*1H. The first-order valence-electron chi connectivity index (χ1n) is 6.53. The number of halogens is 2. The number of hydrogen-bond acceptors (Lipinski definition) is 3. The Morgan fingerprint density at radius 3 is 2.36 bits per heavy atom. The van der Waals surface area contributed by atoms with Gasteiger partial charge in [-0.05, 0) is 29.7 Å². The Kier molecular flexibility index (Phi) is 6.56. The van der Waals surface area contributed by atoms with Crippen LogP contribution in [0, 0.1) is 6.92 Å². The number of rotatable bonds is 3. The van der Waals surface area contributed by atoms with Crippen LogP contribution in [0.15, 0.2) is 48.9 Å². The Balaban J connectivity index is 0.00000121. The molecule has 4 nitrogen and oxygen atoms in total. The van der Waals surface area contributed by atoms with Gasteiger partial charge >= 0.3 is 0 Å². The number of aromatic nitrogens is 3. The summed E-state index contributed by atoms with van der Waals surface area (Å²) in [6.45, 7) is 2.61. The highest BCUT2D eigenvalue weighted by Crippen LogP contribution is 2.31. The molecular formula is C16H18Cl2N4. The molecule has 0 aliphatic carbocycles. The fourth-order valence-corrected chi connectivity index (χ4v) is 2.29. The van der Waals surface area contributed by atoms with Crippen LogP contribution < -0.4 is 5.73 Å². The molecule has 2 heterocycles. The van der Waals surface area contributed by atoms with E-state index in [0.717, 1.165) is 33.5 Å². The monoisotopic (exact) mass is 336 g/mol. The molecule has 0 saturated heterocycles. The largest absolute Gasteiger partial charge is 0.326 e. The van der Waals surface area contributed by atoms with E-state index in [4.69, 9.17) is 5.73 Å². The van der Waals surface area contributed by atoms with Gasteiger partial charge in [-0.15, -0.1) is 24.8 Å². The number of aromatic amines is 1. The summed E-state index contributed by atoms with van der Waals surface area (Å²) >= 11 is 0. The van der Waals surface area contributed by atoms with Gasteiger partial charge in [0.2, 0.25) is 0 Å². The highest BCUT2D eigenvalue weighted by molar-refractivity contribution is 5.85. The molecule has 0 spiro atoms. The van der Waals surface area contributed by atoms with E-state index in [2.05, 4.69) is 34.2 Å². The topological polar surface area (TPSA) is 67.6 Å². The lowest BCUT2D eigenvalue weighted by molar-refractivity contribution is 1.07. The fraction of sp³-hybridized carbons (Fsp3) is 0.125. The van der Waals surface area contributed by atoms with E-state index in [1.807, 2.05) is 30.6 Å². The number of benzene rings is 1. The molecule has 2 aromatic heterocycles. The zero-order chi connectivity index (χ0) is 13.9. The van der Waals surface area contributed by atoms with Crippen molar-refractivity contribution in [2.75, 3.05) is 0 Å². The first-order chi connectivity index (χ1) is 9.79. The molecule has 0 atom stereocenters. The van der Waals surface area contributed by atoms with Crippen molar-refractivity contribution in [3.8, 4) is 22.4 Å².